The first-order chi connectivity index (χ1) is 6.31. The van der Waals surface area contributed by atoms with Gasteiger partial charge in [0.25, 0.3) is 0 Å². The Morgan fingerprint density at radius 3 is 2.62 bits per heavy atom. The smallest absolute Gasteiger partial charge is 0.0897 e. The fourth-order valence-electron chi connectivity index (χ4n) is 1.02. The third kappa shape index (κ3) is 9.76. The van der Waals surface area contributed by atoms with Gasteiger partial charge in [0.05, 0.1) is 12.7 Å². The van der Waals surface area contributed by atoms with Gasteiger partial charge in [0.15, 0.2) is 0 Å². The van der Waals surface area contributed by atoms with Gasteiger partial charge in [-0.3, -0.25) is 0 Å². The molecule has 0 heterocycles. The van der Waals surface area contributed by atoms with E-state index < -0.39 is 6.10 Å². The van der Waals surface area contributed by atoms with Gasteiger partial charge in [-0.05, 0) is 19.4 Å². The fourth-order valence-corrected chi connectivity index (χ4v) is 1.02. The third-order valence-corrected chi connectivity index (χ3v) is 1.69. The lowest BCUT2D eigenvalue weighted by Gasteiger charge is -2.10. The summed E-state index contributed by atoms with van der Waals surface area (Å²) in [7, 11) is 3.29. The van der Waals surface area contributed by atoms with Crippen molar-refractivity contribution in [1.29, 1.82) is 0 Å². The standard InChI is InChI=1S/C9H21NO3/c1-12-6-4-3-5-10-7-9(11)8-13-2/h9-11H,3-8H2,1-2H3. The van der Waals surface area contributed by atoms with Gasteiger partial charge in [0.1, 0.15) is 0 Å². The predicted octanol–water partition coefficient (Wildman–Crippen LogP) is 0.00990. The Labute approximate surface area is 80.2 Å². The van der Waals surface area contributed by atoms with Crippen LogP contribution in [0.15, 0.2) is 0 Å². The van der Waals surface area contributed by atoms with Crippen LogP contribution < -0.4 is 5.32 Å². The zero-order chi connectivity index (χ0) is 9.94. The number of aliphatic hydroxyl groups excluding tert-OH is 1. The predicted molar refractivity (Wildman–Crippen MR) is 51.9 cm³/mol. The molecule has 1 atom stereocenters. The SMILES string of the molecule is COCCCCNCC(O)COC. The normalized spacial score (nSPS) is 13.2. The maximum Gasteiger partial charge on any atom is 0.0897 e. The molecule has 0 aromatic heterocycles. The van der Waals surface area contributed by atoms with Crippen molar-refractivity contribution in [2.45, 2.75) is 18.9 Å². The van der Waals surface area contributed by atoms with E-state index in [0.717, 1.165) is 26.0 Å². The lowest BCUT2D eigenvalue weighted by Crippen LogP contribution is -2.30. The van der Waals surface area contributed by atoms with E-state index in [-0.39, 0.29) is 0 Å². The van der Waals surface area contributed by atoms with Gasteiger partial charge in [-0.1, -0.05) is 0 Å². The summed E-state index contributed by atoms with van der Waals surface area (Å²) >= 11 is 0. The molecule has 0 fully saturated rings. The first-order valence-electron chi connectivity index (χ1n) is 4.68. The summed E-state index contributed by atoms with van der Waals surface area (Å²) < 4.78 is 9.70. The van der Waals surface area contributed by atoms with Crippen LogP contribution in [0.3, 0.4) is 0 Å². The molecule has 0 aliphatic rings. The summed E-state index contributed by atoms with van der Waals surface area (Å²) in [6.07, 6.45) is 1.74. The van der Waals surface area contributed by atoms with Gasteiger partial charge < -0.3 is 19.9 Å². The first-order valence-corrected chi connectivity index (χ1v) is 4.68. The molecule has 1 unspecified atom stereocenters. The van der Waals surface area contributed by atoms with E-state index in [4.69, 9.17) is 9.47 Å². The minimum atomic E-state index is -0.396. The second kappa shape index (κ2) is 9.92. The Bertz CT molecular complexity index is 101. The molecule has 0 bridgehead atoms. The van der Waals surface area contributed by atoms with Crippen molar-refractivity contribution in [1.82, 2.24) is 5.32 Å². The Kier molecular flexibility index (Phi) is 9.80. The first kappa shape index (κ1) is 12.8. The van der Waals surface area contributed by atoms with Crippen molar-refractivity contribution in [3.63, 3.8) is 0 Å². The molecule has 0 amide bonds. The summed E-state index contributed by atoms with van der Waals surface area (Å²) in [4.78, 5) is 0. The highest BCUT2D eigenvalue weighted by Gasteiger charge is 2.00. The van der Waals surface area contributed by atoms with E-state index >= 15 is 0 Å². The monoisotopic (exact) mass is 191 g/mol. The average Bonchev–Trinajstić information content (AvgIpc) is 2.11. The van der Waals surface area contributed by atoms with Crippen molar-refractivity contribution in [2.75, 3.05) is 40.5 Å². The molecule has 13 heavy (non-hydrogen) atoms. The molecule has 0 saturated heterocycles. The van der Waals surface area contributed by atoms with Crippen molar-refractivity contribution in [2.24, 2.45) is 0 Å². The van der Waals surface area contributed by atoms with E-state index in [2.05, 4.69) is 5.32 Å². The topological polar surface area (TPSA) is 50.7 Å². The largest absolute Gasteiger partial charge is 0.389 e. The average molecular weight is 191 g/mol. The quantitative estimate of drug-likeness (QED) is 0.504. The van der Waals surface area contributed by atoms with Gasteiger partial charge in [-0.25, -0.2) is 0 Å². The molecule has 0 aromatic rings. The van der Waals surface area contributed by atoms with Gasteiger partial charge in [0.2, 0.25) is 0 Å². The molecule has 0 aliphatic heterocycles. The zero-order valence-corrected chi connectivity index (χ0v) is 8.58. The molecule has 4 heteroatoms. The number of nitrogens with one attached hydrogen (secondary N) is 1. The fraction of sp³-hybridized carbons (Fsp3) is 1.00. The van der Waals surface area contributed by atoms with Gasteiger partial charge >= 0.3 is 0 Å². The summed E-state index contributed by atoms with van der Waals surface area (Å²) in [6, 6.07) is 0. The molecule has 0 spiro atoms. The molecule has 0 aromatic carbocycles. The maximum absolute atomic E-state index is 9.24. The van der Waals surface area contributed by atoms with Gasteiger partial charge in [-0.2, -0.15) is 0 Å². The van der Waals surface area contributed by atoms with Crippen LogP contribution in [0.1, 0.15) is 12.8 Å². The van der Waals surface area contributed by atoms with Crippen molar-refractivity contribution < 1.29 is 14.6 Å². The van der Waals surface area contributed by atoms with E-state index in [0.29, 0.717) is 13.2 Å². The highest BCUT2D eigenvalue weighted by atomic mass is 16.5. The molecule has 80 valence electrons. The number of unbranched alkanes of at least 4 members (excludes halogenated alkanes) is 1. The second-order valence-electron chi connectivity index (χ2n) is 3.01. The van der Waals surface area contributed by atoms with Crippen LogP contribution in [0.25, 0.3) is 0 Å². The van der Waals surface area contributed by atoms with Crippen LogP contribution >= 0.6 is 0 Å². The maximum atomic E-state index is 9.24. The van der Waals surface area contributed by atoms with Crippen molar-refractivity contribution in [3.05, 3.63) is 0 Å². The number of hydrogen-bond acceptors (Lipinski definition) is 4. The number of methoxy groups -OCH3 is 2. The van der Waals surface area contributed by atoms with Crippen molar-refractivity contribution in [3.8, 4) is 0 Å². The Balaban J connectivity index is 2.97. The molecule has 0 radical (unpaired) electrons. The lowest BCUT2D eigenvalue weighted by molar-refractivity contribution is 0.0645. The van der Waals surface area contributed by atoms with E-state index in [9.17, 15) is 5.11 Å². The second-order valence-corrected chi connectivity index (χ2v) is 3.01. The number of hydrogen-bond donors (Lipinski definition) is 2. The molecular weight excluding hydrogens is 170 g/mol. The summed E-state index contributed by atoms with van der Waals surface area (Å²) in [5.74, 6) is 0. The molecule has 0 rings (SSSR count). The number of aliphatic hydroxyl groups is 1. The Morgan fingerprint density at radius 1 is 1.23 bits per heavy atom. The molecule has 4 nitrogen and oxygen atoms in total. The van der Waals surface area contributed by atoms with Crippen LogP contribution in [0.4, 0.5) is 0 Å². The van der Waals surface area contributed by atoms with Crippen molar-refractivity contribution >= 4 is 0 Å². The molecule has 2 N–H and O–H groups in total. The Morgan fingerprint density at radius 2 is 2.00 bits per heavy atom. The minimum absolute atomic E-state index is 0.394. The van der Waals surface area contributed by atoms with Crippen LogP contribution in [0, 0.1) is 0 Å². The summed E-state index contributed by atoms with van der Waals surface area (Å²) in [6.45, 7) is 2.72. The number of ether oxygens (including phenoxy) is 2. The lowest BCUT2D eigenvalue weighted by atomic mass is 10.3. The summed E-state index contributed by atoms with van der Waals surface area (Å²) in [5, 5.41) is 12.4. The minimum Gasteiger partial charge on any atom is -0.389 e. The van der Waals surface area contributed by atoms with Crippen LogP contribution in [-0.4, -0.2) is 51.7 Å². The van der Waals surface area contributed by atoms with Gasteiger partial charge in [0, 0.05) is 27.4 Å². The van der Waals surface area contributed by atoms with Crippen LogP contribution in [0.5, 0.6) is 0 Å². The highest BCUT2D eigenvalue weighted by molar-refractivity contribution is 4.57. The molecule has 0 saturated carbocycles. The summed E-state index contributed by atoms with van der Waals surface area (Å²) in [5.41, 5.74) is 0. The highest BCUT2D eigenvalue weighted by Crippen LogP contribution is 1.87. The van der Waals surface area contributed by atoms with Crippen LogP contribution in [0.2, 0.25) is 0 Å². The molecule has 0 aliphatic carbocycles. The van der Waals surface area contributed by atoms with Crippen LogP contribution in [-0.2, 0) is 9.47 Å². The Hall–Kier alpha value is -0.160. The third-order valence-electron chi connectivity index (χ3n) is 1.69. The van der Waals surface area contributed by atoms with Gasteiger partial charge in [-0.15, -0.1) is 0 Å². The molecular formula is C9H21NO3. The van der Waals surface area contributed by atoms with E-state index in [1.807, 2.05) is 0 Å². The van der Waals surface area contributed by atoms with E-state index in [1.165, 1.54) is 0 Å². The zero-order valence-electron chi connectivity index (χ0n) is 8.58. The van der Waals surface area contributed by atoms with E-state index in [1.54, 1.807) is 14.2 Å². The number of rotatable bonds is 9.